The lowest BCUT2D eigenvalue weighted by atomic mass is 9.97. The number of carbonyl (C=O) groups is 1. The fraction of sp³-hybridized carbons (Fsp3) is 0.318. The summed E-state index contributed by atoms with van der Waals surface area (Å²) in [5.74, 6) is 0.0476. The molecule has 0 aliphatic carbocycles. The van der Waals surface area contributed by atoms with Crippen molar-refractivity contribution in [3.8, 4) is 0 Å². The summed E-state index contributed by atoms with van der Waals surface area (Å²) in [5.41, 5.74) is 3.05. The van der Waals surface area contributed by atoms with Crippen LogP contribution in [0.15, 0.2) is 54.6 Å². The second-order valence-corrected chi connectivity index (χ2v) is 9.20. The fourth-order valence-electron chi connectivity index (χ4n) is 3.56. The van der Waals surface area contributed by atoms with Gasteiger partial charge in [-0.2, -0.15) is 0 Å². The number of aromatic nitrogens is 2. The monoisotopic (exact) mass is 439 g/mol. The number of rotatable bonds is 6. The molecule has 8 heteroatoms. The number of anilines is 3. The molecule has 0 saturated carbocycles. The van der Waals surface area contributed by atoms with Crippen LogP contribution in [0.25, 0.3) is 0 Å². The molecule has 1 aliphatic rings. The zero-order valence-electron chi connectivity index (χ0n) is 16.9. The third kappa shape index (κ3) is 5.33. The van der Waals surface area contributed by atoms with E-state index >= 15 is 0 Å². The van der Waals surface area contributed by atoms with Crippen molar-refractivity contribution < 1.29 is 4.79 Å². The molecule has 1 saturated heterocycles. The molecule has 1 amide bonds. The zero-order valence-corrected chi connectivity index (χ0v) is 18.5. The summed E-state index contributed by atoms with van der Waals surface area (Å²) in [6.07, 6.45) is 1.89. The maximum absolute atomic E-state index is 12.7. The Morgan fingerprint density at radius 2 is 1.93 bits per heavy atom. The standard InChI is InChI=1S/C22H25N5OS2/c1-16-9-11-19(12-10-16)24-21-25-27(22(29)30-21)15-26-13-5-6-17(14-26)20(28)23-18-7-3-2-4-8-18/h2-4,7-12,17H,5-6,13-15H2,1H3,(H,23,28)(H,24,25). The third-order valence-electron chi connectivity index (χ3n) is 5.16. The van der Waals surface area contributed by atoms with Gasteiger partial charge in [-0.25, -0.2) is 4.68 Å². The molecule has 4 rings (SSSR count). The normalized spacial score (nSPS) is 16.9. The van der Waals surface area contributed by atoms with Crippen molar-refractivity contribution in [1.29, 1.82) is 0 Å². The minimum atomic E-state index is -0.0306. The van der Waals surface area contributed by atoms with Crippen LogP contribution in [0.4, 0.5) is 16.5 Å². The maximum atomic E-state index is 12.7. The second kappa shape index (κ2) is 9.51. The first-order chi connectivity index (χ1) is 14.6. The Hall–Kier alpha value is -2.55. The minimum Gasteiger partial charge on any atom is -0.330 e. The van der Waals surface area contributed by atoms with E-state index in [1.165, 1.54) is 16.9 Å². The largest absolute Gasteiger partial charge is 0.330 e. The Bertz CT molecular complexity index is 1050. The van der Waals surface area contributed by atoms with Gasteiger partial charge in [0.25, 0.3) is 0 Å². The third-order valence-corrected chi connectivity index (χ3v) is 6.38. The number of benzene rings is 2. The Morgan fingerprint density at radius 1 is 1.17 bits per heavy atom. The zero-order chi connectivity index (χ0) is 20.9. The van der Waals surface area contributed by atoms with Gasteiger partial charge in [-0.1, -0.05) is 47.2 Å². The average molecular weight is 440 g/mol. The summed E-state index contributed by atoms with van der Waals surface area (Å²) in [6.45, 7) is 4.31. The molecule has 3 aromatic rings. The van der Waals surface area contributed by atoms with Gasteiger partial charge in [0.05, 0.1) is 12.6 Å². The lowest BCUT2D eigenvalue weighted by Crippen LogP contribution is -2.41. The lowest BCUT2D eigenvalue weighted by molar-refractivity contribution is -0.121. The molecule has 1 unspecified atom stereocenters. The fourth-order valence-corrected chi connectivity index (χ4v) is 4.57. The summed E-state index contributed by atoms with van der Waals surface area (Å²) >= 11 is 6.98. The Balaban J connectivity index is 1.37. The van der Waals surface area contributed by atoms with Crippen molar-refractivity contribution in [2.24, 2.45) is 5.92 Å². The van der Waals surface area contributed by atoms with E-state index in [-0.39, 0.29) is 11.8 Å². The number of carbonyl (C=O) groups excluding carboxylic acids is 1. The topological polar surface area (TPSA) is 62.2 Å². The molecule has 1 aromatic heterocycles. The van der Waals surface area contributed by atoms with Crippen molar-refractivity contribution in [2.45, 2.75) is 26.4 Å². The van der Waals surface area contributed by atoms with Crippen LogP contribution in [0.3, 0.4) is 0 Å². The van der Waals surface area contributed by atoms with Crippen molar-refractivity contribution in [1.82, 2.24) is 14.7 Å². The van der Waals surface area contributed by atoms with Gasteiger partial charge in [-0.05, 0) is 62.8 Å². The van der Waals surface area contributed by atoms with Gasteiger partial charge in [0.15, 0.2) is 3.95 Å². The van der Waals surface area contributed by atoms with E-state index in [2.05, 4.69) is 39.7 Å². The van der Waals surface area contributed by atoms with Gasteiger partial charge in [-0.15, -0.1) is 5.10 Å². The summed E-state index contributed by atoms with van der Waals surface area (Å²) in [6, 6.07) is 17.8. The molecular weight excluding hydrogens is 414 g/mol. The van der Waals surface area contributed by atoms with Crippen LogP contribution in [-0.4, -0.2) is 33.7 Å². The second-order valence-electron chi connectivity index (χ2n) is 7.58. The van der Waals surface area contributed by atoms with Crippen LogP contribution >= 0.6 is 23.6 Å². The van der Waals surface area contributed by atoms with Crippen molar-refractivity contribution in [3.63, 3.8) is 0 Å². The summed E-state index contributed by atoms with van der Waals surface area (Å²) in [4.78, 5) is 14.9. The van der Waals surface area contributed by atoms with Gasteiger partial charge in [0, 0.05) is 17.9 Å². The van der Waals surface area contributed by atoms with Gasteiger partial charge in [-0.3, -0.25) is 9.69 Å². The number of para-hydroxylation sites is 1. The number of piperidine rings is 1. The van der Waals surface area contributed by atoms with Crippen LogP contribution < -0.4 is 10.6 Å². The maximum Gasteiger partial charge on any atom is 0.228 e. The number of hydrogen-bond donors (Lipinski definition) is 2. The summed E-state index contributed by atoms with van der Waals surface area (Å²) in [7, 11) is 0. The molecule has 156 valence electrons. The van der Waals surface area contributed by atoms with E-state index in [1.807, 2.05) is 47.1 Å². The molecule has 0 spiro atoms. The van der Waals surface area contributed by atoms with Gasteiger partial charge in [0.2, 0.25) is 11.0 Å². The van der Waals surface area contributed by atoms with Crippen LogP contribution in [0, 0.1) is 16.8 Å². The highest BCUT2D eigenvalue weighted by Crippen LogP contribution is 2.23. The molecule has 30 heavy (non-hydrogen) atoms. The van der Waals surface area contributed by atoms with Gasteiger partial charge >= 0.3 is 0 Å². The van der Waals surface area contributed by atoms with E-state index in [0.717, 1.165) is 39.8 Å². The van der Waals surface area contributed by atoms with E-state index in [4.69, 9.17) is 12.2 Å². The van der Waals surface area contributed by atoms with Crippen molar-refractivity contribution in [3.05, 3.63) is 64.1 Å². The van der Waals surface area contributed by atoms with Crippen LogP contribution in [0.2, 0.25) is 0 Å². The number of nitrogens with zero attached hydrogens (tertiary/aromatic N) is 3. The smallest absolute Gasteiger partial charge is 0.228 e. The van der Waals surface area contributed by atoms with Gasteiger partial charge in [0.1, 0.15) is 0 Å². The molecule has 2 heterocycles. The van der Waals surface area contributed by atoms with E-state index in [9.17, 15) is 4.79 Å². The lowest BCUT2D eigenvalue weighted by Gasteiger charge is -2.31. The van der Waals surface area contributed by atoms with E-state index in [0.29, 0.717) is 13.2 Å². The Morgan fingerprint density at radius 3 is 2.70 bits per heavy atom. The molecule has 1 aliphatic heterocycles. The molecular formula is C22H25N5OS2. The average Bonchev–Trinajstić information content (AvgIpc) is 3.09. The quantitative estimate of drug-likeness (QED) is 0.527. The molecule has 0 radical (unpaired) electrons. The predicted octanol–water partition coefficient (Wildman–Crippen LogP) is 5.03. The number of likely N-dealkylation sites (tertiary alicyclic amines) is 1. The first-order valence-electron chi connectivity index (χ1n) is 10.1. The number of aryl methyl sites for hydroxylation is 1. The highest BCUT2D eigenvalue weighted by molar-refractivity contribution is 7.73. The van der Waals surface area contributed by atoms with E-state index in [1.54, 1.807) is 0 Å². The number of nitrogens with one attached hydrogen (secondary N) is 2. The highest BCUT2D eigenvalue weighted by atomic mass is 32.1. The Kier molecular flexibility index (Phi) is 6.56. The van der Waals surface area contributed by atoms with Gasteiger partial charge < -0.3 is 10.6 Å². The van der Waals surface area contributed by atoms with Crippen LogP contribution in [0.5, 0.6) is 0 Å². The first kappa shape index (κ1) is 20.7. The van der Waals surface area contributed by atoms with E-state index < -0.39 is 0 Å². The van der Waals surface area contributed by atoms with Crippen LogP contribution in [-0.2, 0) is 11.5 Å². The summed E-state index contributed by atoms with van der Waals surface area (Å²) < 4.78 is 2.56. The Labute approximate surface area is 185 Å². The highest BCUT2D eigenvalue weighted by Gasteiger charge is 2.26. The SMILES string of the molecule is Cc1ccc(Nc2nn(CN3CCCC(C(=O)Nc4ccccc4)C3)c(=S)s2)cc1. The molecule has 1 atom stereocenters. The first-order valence-corrected chi connectivity index (χ1v) is 11.3. The molecule has 0 bridgehead atoms. The molecule has 1 fully saturated rings. The van der Waals surface area contributed by atoms with Crippen LogP contribution in [0.1, 0.15) is 18.4 Å². The molecule has 2 N–H and O–H groups in total. The molecule has 6 nitrogen and oxygen atoms in total. The molecule has 2 aromatic carbocycles. The minimum absolute atomic E-state index is 0.0306. The van der Waals surface area contributed by atoms with Crippen molar-refractivity contribution >= 4 is 46.0 Å². The number of amides is 1. The summed E-state index contributed by atoms with van der Waals surface area (Å²) in [5, 5.41) is 11.8. The predicted molar refractivity (Wildman–Crippen MR) is 125 cm³/mol. The van der Waals surface area contributed by atoms with Crippen molar-refractivity contribution in [2.75, 3.05) is 23.7 Å². The number of hydrogen-bond acceptors (Lipinski definition) is 6.